The van der Waals surface area contributed by atoms with Crippen LogP contribution in [0.15, 0.2) is 18.2 Å². The van der Waals surface area contributed by atoms with Crippen molar-refractivity contribution in [2.24, 2.45) is 0 Å². The molecule has 1 atom stereocenters. The molecule has 0 bridgehead atoms. The number of rotatable bonds is 4. The fourth-order valence-electron chi connectivity index (χ4n) is 3.09. The zero-order chi connectivity index (χ0) is 14.7. The third-order valence-electron chi connectivity index (χ3n) is 4.22. The quantitative estimate of drug-likeness (QED) is 0.820. The molecule has 2 aliphatic heterocycles. The molecular weight excluding hydrogens is 266 g/mol. The first-order valence-electron chi connectivity index (χ1n) is 7.79. The lowest BCUT2D eigenvalue weighted by molar-refractivity contribution is 0.0790. The normalized spacial score (nSPS) is 20.0. The third-order valence-corrected chi connectivity index (χ3v) is 4.22. The lowest BCUT2D eigenvalue weighted by atomic mass is 9.99. The first-order valence-corrected chi connectivity index (χ1v) is 7.79. The Labute approximate surface area is 125 Å². The van der Waals surface area contributed by atoms with Crippen LogP contribution in [0.25, 0.3) is 0 Å². The van der Waals surface area contributed by atoms with E-state index in [-0.39, 0.29) is 11.8 Å². The number of carbonyl (C=O) groups excluding carboxylic acids is 1. The van der Waals surface area contributed by atoms with Gasteiger partial charge in [0, 0.05) is 38.3 Å². The summed E-state index contributed by atoms with van der Waals surface area (Å²) in [7, 11) is 0. The summed E-state index contributed by atoms with van der Waals surface area (Å²) in [5.74, 6) is 1.06. The molecule has 0 spiro atoms. The summed E-state index contributed by atoms with van der Waals surface area (Å²) in [5.41, 5.74) is 1.71. The van der Waals surface area contributed by atoms with Gasteiger partial charge in [0.1, 0.15) is 12.4 Å². The monoisotopic (exact) mass is 289 g/mol. The molecule has 5 heteroatoms. The molecular formula is C16H23N3O2. The minimum atomic E-state index is -0.0188. The number of fused-ring (bicyclic) bond motifs is 1. The molecule has 114 valence electrons. The molecule has 0 amide bonds. The van der Waals surface area contributed by atoms with Crippen LogP contribution in [0.3, 0.4) is 0 Å². The van der Waals surface area contributed by atoms with Crippen LogP contribution in [0.1, 0.15) is 23.7 Å². The Hall–Kier alpha value is -1.59. The second-order valence-corrected chi connectivity index (χ2v) is 5.56. The van der Waals surface area contributed by atoms with Gasteiger partial charge in [-0.25, -0.2) is 0 Å². The Morgan fingerprint density at radius 1 is 1.33 bits per heavy atom. The van der Waals surface area contributed by atoms with Gasteiger partial charge < -0.3 is 15.4 Å². The third kappa shape index (κ3) is 3.04. The number of nitrogens with zero attached hydrogens (tertiary/aromatic N) is 1. The molecule has 1 saturated heterocycles. The number of anilines is 1. The fraction of sp³-hybridized carbons (Fsp3) is 0.562. The van der Waals surface area contributed by atoms with Crippen molar-refractivity contribution in [3.63, 3.8) is 0 Å². The Morgan fingerprint density at radius 2 is 2.14 bits per heavy atom. The summed E-state index contributed by atoms with van der Waals surface area (Å²) >= 11 is 0. The van der Waals surface area contributed by atoms with Crippen LogP contribution in [0.2, 0.25) is 0 Å². The molecule has 0 saturated carbocycles. The molecule has 1 aromatic carbocycles. The van der Waals surface area contributed by atoms with E-state index < -0.39 is 0 Å². The first-order chi connectivity index (χ1) is 10.3. The average molecular weight is 289 g/mol. The van der Waals surface area contributed by atoms with Gasteiger partial charge in [-0.1, -0.05) is 6.92 Å². The number of ether oxygens (including phenoxy) is 1. The maximum atomic E-state index is 12.8. The van der Waals surface area contributed by atoms with Gasteiger partial charge in [-0.15, -0.1) is 0 Å². The van der Waals surface area contributed by atoms with Crippen molar-refractivity contribution in [1.29, 1.82) is 0 Å². The van der Waals surface area contributed by atoms with Crippen molar-refractivity contribution in [2.45, 2.75) is 19.4 Å². The van der Waals surface area contributed by atoms with E-state index in [0.717, 1.165) is 56.1 Å². The van der Waals surface area contributed by atoms with E-state index in [4.69, 9.17) is 4.74 Å². The fourth-order valence-corrected chi connectivity index (χ4v) is 3.09. The molecule has 3 rings (SSSR count). The highest BCUT2D eigenvalue weighted by atomic mass is 16.5. The summed E-state index contributed by atoms with van der Waals surface area (Å²) in [5, 5.41) is 6.63. The first kappa shape index (κ1) is 14.4. The van der Waals surface area contributed by atoms with Crippen LogP contribution < -0.4 is 15.4 Å². The van der Waals surface area contributed by atoms with E-state index in [2.05, 4.69) is 22.5 Å². The molecule has 5 nitrogen and oxygen atoms in total. The van der Waals surface area contributed by atoms with E-state index in [9.17, 15) is 4.79 Å². The highest BCUT2D eigenvalue weighted by molar-refractivity contribution is 6.01. The molecule has 21 heavy (non-hydrogen) atoms. The average Bonchev–Trinajstić information content (AvgIpc) is 2.56. The van der Waals surface area contributed by atoms with Crippen LogP contribution in [0.5, 0.6) is 5.75 Å². The standard InChI is InChI=1S/C16H23N3O2/c1-2-14(19-8-5-17-6-9-19)16(20)12-3-4-15-13(11-12)18-7-10-21-15/h3-4,11,14,17-18H,2,5-10H2,1H3. The summed E-state index contributed by atoms with van der Waals surface area (Å²) in [4.78, 5) is 15.1. The minimum Gasteiger partial charge on any atom is -0.490 e. The molecule has 2 aliphatic rings. The van der Waals surface area contributed by atoms with Crippen molar-refractivity contribution in [1.82, 2.24) is 10.2 Å². The van der Waals surface area contributed by atoms with Crippen LogP contribution in [0.4, 0.5) is 5.69 Å². The van der Waals surface area contributed by atoms with Crippen molar-refractivity contribution in [3.8, 4) is 5.75 Å². The van der Waals surface area contributed by atoms with Crippen molar-refractivity contribution < 1.29 is 9.53 Å². The highest BCUT2D eigenvalue weighted by Gasteiger charge is 2.27. The van der Waals surface area contributed by atoms with Crippen LogP contribution in [0, 0.1) is 0 Å². The molecule has 0 aliphatic carbocycles. The molecule has 1 aromatic rings. The summed E-state index contributed by atoms with van der Waals surface area (Å²) in [6, 6.07) is 5.70. The lowest BCUT2D eigenvalue weighted by Gasteiger charge is -2.33. The smallest absolute Gasteiger partial charge is 0.180 e. The number of hydrogen-bond donors (Lipinski definition) is 2. The zero-order valence-corrected chi connectivity index (χ0v) is 12.5. The van der Waals surface area contributed by atoms with E-state index >= 15 is 0 Å². The van der Waals surface area contributed by atoms with E-state index in [0.29, 0.717) is 6.61 Å². The van der Waals surface area contributed by atoms with Crippen LogP contribution in [-0.2, 0) is 0 Å². The molecule has 2 heterocycles. The molecule has 1 unspecified atom stereocenters. The highest BCUT2D eigenvalue weighted by Crippen LogP contribution is 2.29. The maximum absolute atomic E-state index is 12.8. The Balaban J connectivity index is 1.79. The SMILES string of the molecule is CCC(C(=O)c1ccc2c(c1)NCCO2)N1CCNCC1. The van der Waals surface area contributed by atoms with Crippen LogP contribution >= 0.6 is 0 Å². The number of hydrogen-bond acceptors (Lipinski definition) is 5. The molecule has 1 fully saturated rings. The number of carbonyl (C=O) groups is 1. The Kier molecular flexibility index (Phi) is 4.41. The number of Topliss-reactive ketones (excluding diaryl/α,β-unsaturated/α-hetero) is 1. The molecule has 2 N–H and O–H groups in total. The maximum Gasteiger partial charge on any atom is 0.180 e. The van der Waals surface area contributed by atoms with E-state index in [1.54, 1.807) is 0 Å². The topological polar surface area (TPSA) is 53.6 Å². The van der Waals surface area contributed by atoms with Gasteiger partial charge in [0.25, 0.3) is 0 Å². The van der Waals surface area contributed by atoms with E-state index in [1.165, 1.54) is 0 Å². The van der Waals surface area contributed by atoms with E-state index in [1.807, 2.05) is 18.2 Å². The minimum absolute atomic E-state index is 0.0188. The Morgan fingerprint density at radius 3 is 2.90 bits per heavy atom. The summed E-state index contributed by atoms with van der Waals surface area (Å²) < 4.78 is 5.57. The van der Waals surface area contributed by atoms with Crippen molar-refractivity contribution in [2.75, 3.05) is 44.6 Å². The molecule has 0 aromatic heterocycles. The predicted molar refractivity (Wildman–Crippen MR) is 83.3 cm³/mol. The van der Waals surface area contributed by atoms with Crippen molar-refractivity contribution >= 4 is 11.5 Å². The van der Waals surface area contributed by atoms with Gasteiger partial charge >= 0.3 is 0 Å². The second-order valence-electron chi connectivity index (χ2n) is 5.56. The number of ketones is 1. The van der Waals surface area contributed by atoms with Crippen LogP contribution in [-0.4, -0.2) is 56.1 Å². The number of piperazine rings is 1. The van der Waals surface area contributed by atoms with Gasteiger partial charge in [0.05, 0.1) is 11.7 Å². The number of benzene rings is 1. The summed E-state index contributed by atoms with van der Waals surface area (Å²) in [6.07, 6.45) is 0.847. The van der Waals surface area contributed by atoms with Gasteiger partial charge in [-0.3, -0.25) is 9.69 Å². The number of nitrogens with one attached hydrogen (secondary N) is 2. The van der Waals surface area contributed by atoms with Gasteiger partial charge in [0.15, 0.2) is 5.78 Å². The largest absolute Gasteiger partial charge is 0.490 e. The lowest BCUT2D eigenvalue weighted by Crippen LogP contribution is -2.51. The van der Waals surface area contributed by atoms with Crippen molar-refractivity contribution in [3.05, 3.63) is 23.8 Å². The van der Waals surface area contributed by atoms with Gasteiger partial charge in [-0.2, -0.15) is 0 Å². The predicted octanol–water partition coefficient (Wildman–Crippen LogP) is 1.36. The zero-order valence-electron chi connectivity index (χ0n) is 12.5. The summed E-state index contributed by atoms with van der Waals surface area (Å²) in [6.45, 7) is 7.36. The Bertz CT molecular complexity index is 512. The van der Waals surface area contributed by atoms with Gasteiger partial charge in [-0.05, 0) is 24.6 Å². The molecule has 0 radical (unpaired) electrons. The van der Waals surface area contributed by atoms with Gasteiger partial charge in [0.2, 0.25) is 0 Å². The second kappa shape index (κ2) is 6.45.